The number of anilines is 1. The fraction of sp³-hybridized carbons (Fsp3) is 0.545. The number of aromatic nitrogens is 1. The fourth-order valence-corrected chi connectivity index (χ4v) is 3.23. The molecule has 0 spiro atoms. The predicted molar refractivity (Wildman–Crippen MR) is 78.5 cm³/mol. The lowest BCUT2D eigenvalue weighted by molar-refractivity contribution is 0.129. The molecule has 1 heterocycles. The smallest absolute Gasteiger partial charge is 0.244 e. The molecule has 0 amide bonds. The second-order valence-corrected chi connectivity index (χ2v) is 7.21. The molecule has 4 N–H and O–H groups in total. The maximum atomic E-state index is 12.2. The van der Waals surface area contributed by atoms with Gasteiger partial charge < -0.3 is 10.2 Å². The molecule has 1 fully saturated rings. The summed E-state index contributed by atoms with van der Waals surface area (Å²) in [5.41, 5.74) is 2.27. The number of sulfonamides is 1. The third-order valence-corrected chi connectivity index (χ3v) is 4.74. The van der Waals surface area contributed by atoms with Crippen LogP contribution in [-0.4, -0.2) is 33.2 Å². The van der Waals surface area contributed by atoms with Gasteiger partial charge in [-0.25, -0.2) is 24.0 Å². The van der Waals surface area contributed by atoms with Crippen LogP contribution in [-0.2, 0) is 14.8 Å². The third-order valence-electron chi connectivity index (χ3n) is 2.83. The number of ether oxygens (including phenoxy) is 1. The molecule has 1 saturated carbocycles. The van der Waals surface area contributed by atoms with E-state index in [2.05, 4.69) is 31.1 Å². The van der Waals surface area contributed by atoms with E-state index < -0.39 is 10.0 Å². The van der Waals surface area contributed by atoms with Gasteiger partial charge in [-0.15, -0.1) is 0 Å². The highest BCUT2D eigenvalue weighted by atomic mass is 79.9. The summed E-state index contributed by atoms with van der Waals surface area (Å²) >= 11 is 3.19. The molecular formula is C11H17BrN4O3S. The molecule has 7 nitrogen and oxygen atoms in total. The number of halogens is 1. The lowest BCUT2D eigenvalue weighted by Crippen LogP contribution is -2.29. The molecule has 1 aliphatic carbocycles. The zero-order valence-corrected chi connectivity index (χ0v) is 13.2. The first-order valence-electron chi connectivity index (χ1n) is 6.22. The van der Waals surface area contributed by atoms with E-state index in [1.807, 2.05) is 0 Å². The van der Waals surface area contributed by atoms with Crippen molar-refractivity contribution in [3.63, 3.8) is 0 Å². The Bertz CT molecular complexity index is 563. The Morgan fingerprint density at radius 1 is 1.50 bits per heavy atom. The summed E-state index contributed by atoms with van der Waals surface area (Å²) in [7, 11) is -3.68. The van der Waals surface area contributed by atoms with Crippen LogP contribution in [0, 0.1) is 5.92 Å². The Morgan fingerprint density at radius 2 is 2.25 bits per heavy atom. The van der Waals surface area contributed by atoms with Crippen molar-refractivity contribution in [1.82, 2.24) is 9.71 Å². The summed E-state index contributed by atoms with van der Waals surface area (Å²) in [5, 5.41) is 0. The molecule has 1 aliphatic rings. The Balaban J connectivity index is 1.92. The molecule has 0 atom stereocenters. The second kappa shape index (κ2) is 6.81. The van der Waals surface area contributed by atoms with E-state index in [1.54, 1.807) is 0 Å². The number of pyridine rings is 1. The lowest BCUT2D eigenvalue weighted by Gasteiger charge is -2.10. The van der Waals surface area contributed by atoms with Gasteiger partial charge in [0.25, 0.3) is 0 Å². The zero-order chi connectivity index (χ0) is 14.6. The molecule has 9 heteroatoms. The standard InChI is InChI=1S/C11H17BrN4O3S/c12-9-5-10(11(16-13)14-6-9)20(17,18)15-3-4-19-7-8-1-2-8/h5-6,8,15H,1-4,7,13H2,(H,14,16). The quantitative estimate of drug-likeness (QED) is 0.358. The van der Waals surface area contributed by atoms with Gasteiger partial charge in [0, 0.05) is 23.8 Å². The van der Waals surface area contributed by atoms with Gasteiger partial charge in [-0.05, 0) is 40.8 Å². The van der Waals surface area contributed by atoms with Crippen LogP contribution in [0.3, 0.4) is 0 Å². The second-order valence-electron chi connectivity index (χ2n) is 4.56. The van der Waals surface area contributed by atoms with Gasteiger partial charge in [-0.1, -0.05) is 0 Å². The van der Waals surface area contributed by atoms with Gasteiger partial charge in [0.1, 0.15) is 4.90 Å². The maximum absolute atomic E-state index is 12.2. The summed E-state index contributed by atoms with van der Waals surface area (Å²) in [6.45, 7) is 1.27. The number of hydrogen-bond donors (Lipinski definition) is 3. The lowest BCUT2D eigenvalue weighted by atomic mass is 10.5. The normalized spacial score (nSPS) is 15.3. The number of nitrogens with zero attached hydrogens (tertiary/aromatic N) is 1. The number of rotatable bonds is 8. The van der Waals surface area contributed by atoms with Crippen LogP contribution in [0.4, 0.5) is 5.82 Å². The molecule has 1 aromatic rings. The SMILES string of the molecule is NNc1ncc(Br)cc1S(=O)(=O)NCCOCC1CC1. The van der Waals surface area contributed by atoms with Crippen molar-refractivity contribution in [2.75, 3.05) is 25.2 Å². The van der Waals surface area contributed by atoms with Gasteiger partial charge >= 0.3 is 0 Å². The molecule has 2 rings (SSSR count). The Labute approximate surface area is 126 Å². The predicted octanol–water partition coefficient (Wildman–Crippen LogP) is 0.835. The van der Waals surface area contributed by atoms with Gasteiger partial charge in [0.15, 0.2) is 5.82 Å². The van der Waals surface area contributed by atoms with E-state index in [9.17, 15) is 8.42 Å². The van der Waals surface area contributed by atoms with E-state index in [-0.39, 0.29) is 17.3 Å². The van der Waals surface area contributed by atoms with Crippen molar-refractivity contribution in [3.8, 4) is 0 Å². The van der Waals surface area contributed by atoms with Gasteiger partial charge in [0.05, 0.1) is 6.61 Å². The molecule has 0 unspecified atom stereocenters. The van der Waals surface area contributed by atoms with Gasteiger partial charge in [0.2, 0.25) is 10.0 Å². The average molecular weight is 365 g/mol. The Kier molecular flexibility index (Phi) is 5.33. The summed E-state index contributed by atoms with van der Waals surface area (Å²) in [4.78, 5) is 3.90. The van der Waals surface area contributed by atoms with Crippen LogP contribution in [0.1, 0.15) is 12.8 Å². The van der Waals surface area contributed by atoms with Gasteiger partial charge in [-0.3, -0.25) is 0 Å². The van der Waals surface area contributed by atoms with E-state index in [1.165, 1.54) is 25.1 Å². The molecular weight excluding hydrogens is 348 g/mol. The van der Waals surface area contributed by atoms with Crippen LogP contribution >= 0.6 is 15.9 Å². The van der Waals surface area contributed by atoms with E-state index >= 15 is 0 Å². The minimum absolute atomic E-state index is 0.00318. The number of hydrazine groups is 1. The fourth-order valence-electron chi connectivity index (χ4n) is 1.59. The summed E-state index contributed by atoms with van der Waals surface area (Å²) in [5.74, 6) is 6.03. The van der Waals surface area contributed by atoms with Crippen LogP contribution in [0.25, 0.3) is 0 Å². The Hall–Kier alpha value is -0.740. The molecule has 0 aliphatic heterocycles. The first kappa shape index (κ1) is 15.6. The summed E-state index contributed by atoms with van der Waals surface area (Å²) in [6, 6.07) is 1.44. The molecule has 0 aromatic carbocycles. The monoisotopic (exact) mass is 364 g/mol. The highest BCUT2D eigenvalue weighted by Gasteiger charge is 2.22. The highest BCUT2D eigenvalue weighted by Crippen LogP contribution is 2.28. The first-order valence-corrected chi connectivity index (χ1v) is 8.50. The number of nitrogens with two attached hydrogens (primary N) is 1. The largest absolute Gasteiger partial charge is 0.380 e. The van der Waals surface area contributed by atoms with Crippen LogP contribution in [0.5, 0.6) is 0 Å². The first-order chi connectivity index (χ1) is 9.53. The van der Waals surface area contributed by atoms with Crippen LogP contribution in [0.2, 0.25) is 0 Å². The molecule has 112 valence electrons. The minimum atomic E-state index is -3.68. The van der Waals surface area contributed by atoms with E-state index in [0.29, 0.717) is 23.6 Å². The molecule has 0 bridgehead atoms. The molecule has 20 heavy (non-hydrogen) atoms. The van der Waals surface area contributed by atoms with Crippen molar-refractivity contribution in [1.29, 1.82) is 0 Å². The zero-order valence-electron chi connectivity index (χ0n) is 10.8. The number of nitrogens with one attached hydrogen (secondary N) is 2. The third kappa shape index (κ3) is 4.38. The Morgan fingerprint density at radius 3 is 2.90 bits per heavy atom. The molecule has 0 saturated heterocycles. The maximum Gasteiger partial charge on any atom is 0.244 e. The average Bonchev–Trinajstić information content (AvgIpc) is 3.22. The van der Waals surface area contributed by atoms with Crippen molar-refractivity contribution in [3.05, 3.63) is 16.7 Å². The molecule has 1 aromatic heterocycles. The van der Waals surface area contributed by atoms with E-state index in [0.717, 1.165) is 0 Å². The molecule has 0 radical (unpaired) electrons. The number of nitrogen functional groups attached to an aromatic ring is 1. The van der Waals surface area contributed by atoms with E-state index in [4.69, 9.17) is 10.6 Å². The van der Waals surface area contributed by atoms with Gasteiger partial charge in [-0.2, -0.15) is 0 Å². The summed E-state index contributed by atoms with van der Waals surface area (Å²) < 4.78 is 32.7. The van der Waals surface area contributed by atoms with Crippen molar-refractivity contribution < 1.29 is 13.2 Å². The number of hydrogen-bond acceptors (Lipinski definition) is 6. The van der Waals surface area contributed by atoms with Crippen LogP contribution in [0.15, 0.2) is 21.6 Å². The minimum Gasteiger partial charge on any atom is -0.380 e. The van der Waals surface area contributed by atoms with Crippen molar-refractivity contribution in [2.45, 2.75) is 17.7 Å². The van der Waals surface area contributed by atoms with Crippen molar-refractivity contribution in [2.24, 2.45) is 11.8 Å². The van der Waals surface area contributed by atoms with Crippen molar-refractivity contribution >= 4 is 31.8 Å². The topological polar surface area (TPSA) is 106 Å². The van der Waals surface area contributed by atoms with Crippen LogP contribution < -0.4 is 16.0 Å². The highest BCUT2D eigenvalue weighted by molar-refractivity contribution is 9.10. The summed E-state index contributed by atoms with van der Waals surface area (Å²) in [6.07, 6.45) is 3.88.